The Morgan fingerprint density at radius 3 is 3.00 bits per heavy atom. The summed E-state index contributed by atoms with van der Waals surface area (Å²) in [6.07, 6.45) is 5.36. The van der Waals surface area contributed by atoms with E-state index in [2.05, 4.69) is 15.2 Å². The van der Waals surface area contributed by atoms with Crippen LogP contribution in [-0.2, 0) is 0 Å². The Morgan fingerprint density at radius 1 is 1.50 bits per heavy atom. The Balaban J connectivity index is 2.35. The second kappa shape index (κ2) is 2.94. The molecule has 0 saturated carbocycles. The van der Waals surface area contributed by atoms with Crippen LogP contribution in [0.1, 0.15) is 0 Å². The molecule has 0 bridgehead atoms. The van der Waals surface area contributed by atoms with Crippen LogP contribution in [0.4, 0.5) is 0 Å². The van der Waals surface area contributed by atoms with Gasteiger partial charge >= 0.3 is 0 Å². The number of rotatable bonds is 2. The molecule has 2 aromatic heterocycles. The molecule has 2 aromatic rings. The molecule has 0 spiro atoms. The van der Waals surface area contributed by atoms with Crippen molar-refractivity contribution in [2.45, 2.75) is 0 Å². The Morgan fingerprint density at radius 2 is 2.42 bits per heavy atom. The molecule has 4 nitrogen and oxygen atoms in total. The van der Waals surface area contributed by atoms with Crippen molar-refractivity contribution in [3.63, 3.8) is 0 Å². The third-order valence-corrected chi connectivity index (χ3v) is 2.45. The summed E-state index contributed by atoms with van der Waals surface area (Å²) in [6.45, 7) is 0. The minimum absolute atomic E-state index is 0.672. The maximum absolute atomic E-state index is 4.97. The Labute approximate surface area is 73.2 Å². The first-order chi connectivity index (χ1) is 5.90. The summed E-state index contributed by atoms with van der Waals surface area (Å²) in [5, 5.41) is 7.26. The zero-order valence-corrected chi connectivity index (χ0v) is 7.26. The van der Waals surface area contributed by atoms with Gasteiger partial charge in [0.2, 0.25) is 0 Å². The molecule has 0 aromatic carbocycles. The lowest BCUT2D eigenvalue weighted by Crippen LogP contribution is -1.76. The number of hydrogen-bond acceptors (Lipinski definition) is 4. The lowest BCUT2D eigenvalue weighted by Gasteiger charge is -1.87. The van der Waals surface area contributed by atoms with Crippen LogP contribution in [0.15, 0.2) is 18.6 Å². The van der Waals surface area contributed by atoms with Crippen molar-refractivity contribution in [3.05, 3.63) is 18.6 Å². The summed E-state index contributed by atoms with van der Waals surface area (Å²) in [7, 11) is 1.61. The van der Waals surface area contributed by atoms with Gasteiger partial charge in [-0.25, -0.2) is 4.98 Å². The van der Waals surface area contributed by atoms with Crippen molar-refractivity contribution in [3.8, 4) is 15.6 Å². The number of aromatic nitrogens is 3. The highest BCUT2D eigenvalue weighted by atomic mass is 32.1. The molecule has 0 aliphatic rings. The van der Waals surface area contributed by atoms with Gasteiger partial charge in [-0.05, 0) is 0 Å². The lowest BCUT2D eigenvalue weighted by atomic mass is 10.3. The quantitative estimate of drug-likeness (QED) is 0.764. The number of thiazole rings is 1. The Kier molecular flexibility index (Phi) is 1.79. The van der Waals surface area contributed by atoms with Crippen molar-refractivity contribution in [1.82, 2.24) is 15.2 Å². The molecular formula is C7H7N3OS. The first-order valence-electron chi connectivity index (χ1n) is 3.39. The van der Waals surface area contributed by atoms with Crippen LogP contribution in [0.2, 0.25) is 0 Å². The van der Waals surface area contributed by atoms with Crippen molar-refractivity contribution in [2.75, 3.05) is 7.11 Å². The summed E-state index contributed by atoms with van der Waals surface area (Å²) in [5.41, 5.74) is 1.04. The number of ether oxygens (including phenoxy) is 1. The van der Waals surface area contributed by atoms with Crippen molar-refractivity contribution in [2.24, 2.45) is 0 Å². The normalized spacial score (nSPS) is 10.1. The van der Waals surface area contributed by atoms with E-state index in [1.807, 2.05) is 6.20 Å². The first kappa shape index (κ1) is 7.30. The van der Waals surface area contributed by atoms with Gasteiger partial charge in [0.15, 0.2) is 0 Å². The molecule has 0 fully saturated rings. The molecule has 62 valence electrons. The van der Waals surface area contributed by atoms with E-state index in [1.165, 1.54) is 11.3 Å². The van der Waals surface area contributed by atoms with Crippen molar-refractivity contribution in [1.29, 1.82) is 0 Å². The molecule has 0 aliphatic heterocycles. The largest absolute Gasteiger partial charge is 0.473 e. The molecule has 0 atom stereocenters. The molecule has 0 unspecified atom stereocenters. The highest BCUT2D eigenvalue weighted by molar-refractivity contribution is 7.16. The maximum Gasteiger partial charge on any atom is 0.273 e. The molecule has 1 N–H and O–H groups in total. The van der Waals surface area contributed by atoms with Gasteiger partial charge in [0.05, 0.1) is 18.2 Å². The second-order valence-electron chi connectivity index (χ2n) is 2.18. The number of nitrogens with zero attached hydrogens (tertiary/aromatic N) is 2. The summed E-state index contributed by atoms with van der Waals surface area (Å²) >= 11 is 1.50. The summed E-state index contributed by atoms with van der Waals surface area (Å²) < 4.78 is 4.97. The van der Waals surface area contributed by atoms with Crippen LogP contribution in [0, 0.1) is 0 Å². The second-order valence-corrected chi connectivity index (χ2v) is 3.17. The summed E-state index contributed by atoms with van der Waals surface area (Å²) in [5.74, 6) is 0. The molecule has 2 heterocycles. The first-order valence-corrected chi connectivity index (χ1v) is 4.21. The smallest absolute Gasteiger partial charge is 0.273 e. The zero-order chi connectivity index (χ0) is 8.39. The van der Waals surface area contributed by atoms with Crippen molar-refractivity contribution >= 4 is 11.3 Å². The minimum Gasteiger partial charge on any atom is -0.473 e. The maximum atomic E-state index is 4.97. The van der Waals surface area contributed by atoms with Gasteiger partial charge in [0.25, 0.3) is 5.19 Å². The van der Waals surface area contributed by atoms with Crippen LogP contribution >= 0.6 is 11.3 Å². The van der Waals surface area contributed by atoms with Gasteiger partial charge in [-0.15, -0.1) is 0 Å². The van der Waals surface area contributed by atoms with Gasteiger partial charge in [-0.2, -0.15) is 5.10 Å². The van der Waals surface area contributed by atoms with Gasteiger partial charge in [0.1, 0.15) is 0 Å². The van der Waals surface area contributed by atoms with Crippen LogP contribution in [-0.4, -0.2) is 22.3 Å². The van der Waals surface area contributed by atoms with E-state index in [1.54, 1.807) is 19.5 Å². The van der Waals surface area contributed by atoms with Crippen LogP contribution in [0.3, 0.4) is 0 Å². The molecule has 5 heteroatoms. The fraction of sp³-hybridized carbons (Fsp3) is 0.143. The van der Waals surface area contributed by atoms with E-state index < -0.39 is 0 Å². The molecule has 12 heavy (non-hydrogen) atoms. The number of hydrogen-bond donors (Lipinski definition) is 1. The predicted molar refractivity (Wildman–Crippen MR) is 46.2 cm³/mol. The average molecular weight is 181 g/mol. The molecule has 0 saturated heterocycles. The lowest BCUT2D eigenvalue weighted by molar-refractivity contribution is 0.412. The van der Waals surface area contributed by atoms with E-state index in [-0.39, 0.29) is 0 Å². The third-order valence-electron chi connectivity index (χ3n) is 1.44. The van der Waals surface area contributed by atoms with Gasteiger partial charge in [0, 0.05) is 18.0 Å². The molecule has 0 amide bonds. The van der Waals surface area contributed by atoms with Gasteiger partial charge in [-0.1, -0.05) is 11.3 Å². The van der Waals surface area contributed by atoms with Gasteiger partial charge in [-0.3, -0.25) is 5.10 Å². The number of methoxy groups -OCH3 is 1. The van der Waals surface area contributed by atoms with Crippen LogP contribution in [0.25, 0.3) is 10.4 Å². The fourth-order valence-electron chi connectivity index (χ4n) is 0.872. The van der Waals surface area contributed by atoms with Crippen LogP contribution in [0.5, 0.6) is 5.19 Å². The van der Waals surface area contributed by atoms with E-state index in [0.717, 1.165) is 10.4 Å². The standard InChI is InChI=1S/C7H7N3OS/c1-11-7-8-4-6(12-7)5-2-9-10-3-5/h2-4H,1H3,(H,9,10). The SMILES string of the molecule is COc1ncc(-c2cn[nH]c2)s1. The molecule has 0 aliphatic carbocycles. The number of H-pyrrole nitrogens is 1. The average Bonchev–Trinajstić information content (AvgIpc) is 2.75. The third kappa shape index (κ3) is 1.18. The zero-order valence-electron chi connectivity index (χ0n) is 6.44. The summed E-state index contributed by atoms with van der Waals surface area (Å²) in [6, 6.07) is 0. The van der Waals surface area contributed by atoms with Crippen molar-refractivity contribution < 1.29 is 4.74 Å². The van der Waals surface area contributed by atoms with E-state index in [0.29, 0.717) is 5.19 Å². The number of aromatic amines is 1. The number of nitrogens with one attached hydrogen (secondary N) is 1. The molecule has 0 radical (unpaired) electrons. The van der Waals surface area contributed by atoms with E-state index in [9.17, 15) is 0 Å². The van der Waals surface area contributed by atoms with E-state index >= 15 is 0 Å². The predicted octanol–water partition coefficient (Wildman–Crippen LogP) is 1.54. The highest BCUT2D eigenvalue weighted by Gasteiger charge is 2.04. The minimum atomic E-state index is 0.672. The van der Waals surface area contributed by atoms with Crippen LogP contribution < -0.4 is 4.74 Å². The molecular weight excluding hydrogens is 174 g/mol. The monoisotopic (exact) mass is 181 g/mol. The van der Waals surface area contributed by atoms with Gasteiger partial charge < -0.3 is 4.74 Å². The highest BCUT2D eigenvalue weighted by Crippen LogP contribution is 2.28. The Bertz CT molecular complexity index is 354. The topological polar surface area (TPSA) is 50.8 Å². The Hall–Kier alpha value is -1.36. The molecule has 2 rings (SSSR count). The fourth-order valence-corrected chi connectivity index (χ4v) is 1.58. The summed E-state index contributed by atoms with van der Waals surface area (Å²) in [4.78, 5) is 5.10. The van der Waals surface area contributed by atoms with E-state index in [4.69, 9.17) is 4.74 Å².